The van der Waals surface area contributed by atoms with E-state index in [0.29, 0.717) is 18.8 Å². The van der Waals surface area contributed by atoms with E-state index in [4.69, 9.17) is 0 Å². The SMILES string of the molecule is CCSCC(=O)N1CCCN1C(=O)Nc1cccc2ccccc12. The number of anilines is 1. The first kappa shape index (κ1) is 16.6. The highest BCUT2D eigenvalue weighted by Crippen LogP contribution is 2.24. The molecule has 0 unspecified atom stereocenters. The number of carbonyl (C=O) groups is 2. The van der Waals surface area contributed by atoms with Gasteiger partial charge in [0, 0.05) is 18.5 Å². The third-order valence-corrected chi connectivity index (χ3v) is 4.87. The summed E-state index contributed by atoms with van der Waals surface area (Å²) < 4.78 is 0. The Kier molecular flexibility index (Phi) is 5.25. The van der Waals surface area contributed by atoms with Gasteiger partial charge in [-0.3, -0.25) is 4.79 Å². The number of carbonyl (C=O) groups excluding carboxylic acids is 2. The maximum atomic E-state index is 12.7. The molecule has 2 aromatic rings. The number of rotatable bonds is 4. The zero-order valence-corrected chi connectivity index (χ0v) is 14.5. The predicted molar refractivity (Wildman–Crippen MR) is 99.0 cm³/mol. The van der Waals surface area contributed by atoms with E-state index < -0.39 is 0 Å². The van der Waals surface area contributed by atoms with Gasteiger partial charge in [-0.2, -0.15) is 11.8 Å². The van der Waals surface area contributed by atoms with E-state index in [0.717, 1.165) is 28.6 Å². The number of hydrazine groups is 1. The number of nitrogens with one attached hydrogen (secondary N) is 1. The molecule has 0 aromatic heterocycles. The largest absolute Gasteiger partial charge is 0.340 e. The van der Waals surface area contributed by atoms with Gasteiger partial charge >= 0.3 is 6.03 Å². The fraction of sp³-hybridized carbons (Fsp3) is 0.333. The number of hydrogen-bond donors (Lipinski definition) is 1. The average molecular weight is 343 g/mol. The Bertz CT molecular complexity index is 745. The van der Waals surface area contributed by atoms with Crippen LogP contribution >= 0.6 is 11.8 Å². The molecule has 1 saturated heterocycles. The number of benzene rings is 2. The fourth-order valence-electron chi connectivity index (χ4n) is 2.86. The minimum absolute atomic E-state index is 0.00702. The van der Waals surface area contributed by atoms with Gasteiger partial charge in [-0.05, 0) is 23.6 Å². The number of fused-ring (bicyclic) bond motifs is 1. The first-order valence-electron chi connectivity index (χ1n) is 8.15. The summed E-state index contributed by atoms with van der Waals surface area (Å²) in [5, 5.41) is 8.12. The highest BCUT2D eigenvalue weighted by atomic mass is 32.2. The molecule has 24 heavy (non-hydrogen) atoms. The van der Waals surface area contributed by atoms with Crippen molar-refractivity contribution in [2.75, 3.05) is 29.9 Å². The summed E-state index contributed by atoms with van der Waals surface area (Å²) >= 11 is 1.57. The van der Waals surface area contributed by atoms with Crippen molar-refractivity contribution >= 4 is 40.2 Å². The van der Waals surface area contributed by atoms with Crippen LogP contribution in [0.5, 0.6) is 0 Å². The Morgan fingerprint density at radius 2 is 1.83 bits per heavy atom. The van der Waals surface area contributed by atoms with Crippen molar-refractivity contribution in [1.82, 2.24) is 10.0 Å². The molecule has 1 fully saturated rings. The van der Waals surface area contributed by atoms with Crippen molar-refractivity contribution in [3.63, 3.8) is 0 Å². The molecule has 0 bridgehead atoms. The Morgan fingerprint density at radius 1 is 1.08 bits per heavy atom. The van der Waals surface area contributed by atoms with Crippen molar-refractivity contribution in [1.29, 1.82) is 0 Å². The van der Waals surface area contributed by atoms with Crippen molar-refractivity contribution < 1.29 is 9.59 Å². The second kappa shape index (κ2) is 7.57. The highest BCUT2D eigenvalue weighted by Gasteiger charge is 2.30. The van der Waals surface area contributed by atoms with Gasteiger partial charge in [0.25, 0.3) is 5.91 Å². The van der Waals surface area contributed by atoms with Crippen molar-refractivity contribution in [2.24, 2.45) is 0 Å². The molecule has 0 spiro atoms. The van der Waals surface area contributed by atoms with E-state index in [9.17, 15) is 9.59 Å². The molecule has 6 heteroatoms. The van der Waals surface area contributed by atoms with Crippen molar-refractivity contribution in [3.05, 3.63) is 42.5 Å². The van der Waals surface area contributed by atoms with Crippen LogP contribution in [0.15, 0.2) is 42.5 Å². The lowest BCUT2D eigenvalue weighted by Crippen LogP contribution is -2.47. The zero-order valence-electron chi connectivity index (χ0n) is 13.7. The standard InChI is InChI=1S/C18H21N3O2S/c1-2-24-13-17(22)20-11-6-12-21(20)18(23)19-16-10-5-8-14-7-3-4-9-15(14)16/h3-5,7-10H,2,6,11-13H2,1H3,(H,19,23). The average Bonchev–Trinajstić information content (AvgIpc) is 3.10. The molecule has 0 aliphatic carbocycles. The summed E-state index contributed by atoms with van der Waals surface area (Å²) in [6.07, 6.45) is 0.811. The highest BCUT2D eigenvalue weighted by molar-refractivity contribution is 7.99. The Labute approximate surface area is 146 Å². The molecule has 0 saturated carbocycles. The number of thioether (sulfide) groups is 1. The van der Waals surface area contributed by atoms with Crippen LogP contribution in [0.4, 0.5) is 10.5 Å². The van der Waals surface area contributed by atoms with Crippen LogP contribution in [-0.4, -0.2) is 46.6 Å². The lowest BCUT2D eigenvalue weighted by molar-refractivity contribution is -0.136. The minimum Gasteiger partial charge on any atom is -0.306 e. The van der Waals surface area contributed by atoms with Crippen molar-refractivity contribution in [2.45, 2.75) is 13.3 Å². The molecule has 0 atom stereocenters. The Hall–Kier alpha value is -2.21. The molecule has 3 rings (SSSR count). The molecule has 0 radical (unpaired) electrons. The van der Waals surface area contributed by atoms with Crippen LogP contribution < -0.4 is 5.32 Å². The maximum Gasteiger partial charge on any atom is 0.340 e. The Morgan fingerprint density at radius 3 is 2.67 bits per heavy atom. The second-order valence-corrected chi connectivity index (χ2v) is 6.86. The molecular weight excluding hydrogens is 322 g/mol. The monoisotopic (exact) mass is 343 g/mol. The molecule has 1 aliphatic heterocycles. The predicted octanol–water partition coefficient (Wildman–Crippen LogP) is 3.57. The topological polar surface area (TPSA) is 52.7 Å². The van der Waals surface area contributed by atoms with Gasteiger partial charge in [-0.1, -0.05) is 43.3 Å². The van der Waals surface area contributed by atoms with Crippen LogP contribution in [0.3, 0.4) is 0 Å². The third-order valence-electron chi connectivity index (χ3n) is 4.01. The number of urea groups is 1. The van der Waals surface area contributed by atoms with Gasteiger partial charge in [-0.15, -0.1) is 0 Å². The molecular formula is C18H21N3O2S. The number of amides is 3. The molecule has 3 amide bonds. The van der Waals surface area contributed by atoms with Crippen LogP contribution in [0.1, 0.15) is 13.3 Å². The van der Waals surface area contributed by atoms with Gasteiger partial charge in [0.05, 0.1) is 11.4 Å². The summed E-state index contributed by atoms with van der Waals surface area (Å²) in [5.74, 6) is 1.29. The zero-order chi connectivity index (χ0) is 16.9. The van der Waals surface area contributed by atoms with Gasteiger partial charge in [-0.25, -0.2) is 14.8 Å². The first-order valence-corrected chi connectivity index (χ1v) is 9.30. The summed E-state index contributed by atoms with van der Waals surface area (Å²) in [7, 11) is 0. The van der Waals surface area contributed by atoms with E-state index in [2.05, 4.69) is 5.32 Å². The van der Waals surface area contributed by atoms with Crippen LogP contribution in [-0.2, 0) is 4.79 Å². The smallest absolute Gasteiger partial charge is 0.306 e. The van der Waals surface area contributed by atoms with E-state index in [-0.39, 0.29) is 11.9 Å². The number of hydrogen-bond acceptors (Lipinski definition) is 3. The lowest BCUT2D eigenvalue weighted by atomic mass is 10.1. The quantitative estimate of drug-likeness (QED) is 0.923. The van der Waals surface area contributed by atoms with Crippen LogP contribution in [0.2, 0.25) is 0 Å². The summed E-state index contributed by atoms with van der Waals surface area (Å²) in [4.78, 5) is 24.9. The van der Waals surface area contributed by atoms with E-state index in [1.165, 1.54) is 5.01 Å². The summed E-state index contributed by atoms with van der Waals surface area (Å²) in [6, 6.07) is 13.5. The molecule has 1 N–H and O–H groups in total. The lowest BCUT2D eigenvalue weighted by Gasteiger charge is -2.28. The van der Waals surface area contributed by atoms with Gasteiger partial charge < -0.3 is 5.32 Å². The maximum absolute atomic E-state index is 12.7. The van der Waals surface area contributed by atoms with Gasteiger partial charge in [0.15, 0.2) is 0 Å². The van der Waals surface area contributed by atoms with Gasteiger partial charge in [0.2, 0.25) is 0 Å². The molecule has 5 nitrogen and oxygen atoms in total. The second-order valence-electron chi connectivity index (χ2n) is 5.59. The van der Waals surface area contributed by atoms with E-state index in [1.54, 1.807) is 16.8 Å². The van der Waals surface area contributed by atoms with E-state index >= 15 is 0 Å². The molecule has 1 heterocycles. The normalized spacial score (nSPS) is 14.2. The van der Waals surface area contributed by atoms with Crippen LogP contribution in [0.25, 0.3) is 10.8 Å². The van der Waals surface area contributed by atoms with Gasteiger partial charge in [0.1, 0.15) is 0 Å². The molecule has 2 aromatic carbocycles. The Balaban J connectivity index is 1.75. The molecule has 126 valence electrons. The fourth-order valence-corrected chi connectivity index (χ4v) is 3.39. The molecule has 1 aliphatic rings. The van der Waals surface area contributed by atoms with E-state index in [1.807, 2.05) is 49.4 Å². The minimum atomic E-state index is -0.251. The van der Waals surface area contributed by atoms with Crippen LogP contribution in [0, 0.1) is 0 Å². The number of nitrogens with zero attached hydrogens (tertiary/aromatic N) is 2. The summed E-state index contributed by atoms with van der Waals surface area (Å²) in [6.45, 7) is 3.19. The summed E-state index contributed by atoms with van der Waals surface area (Å²) in [5.41, 5.74) is 0.764. The van der Waals surface area contributed by atoms with Crippen molar-refractivity contribution in [3.8, 4) is 0 Å². The third kappa shape index (κ3) is 3.48. The first-order chi connectivity index (χ1) is 11.7.